The van der Waals surface area contributed by atoms with Crippen LogP contribution in [-0.4, -0.2) is 49.7 Å². The molecule has 0 aromatic heterocycles. The van der Waals surface area contributed by atoms with E-state index in [1.807, 2.05) is 4.90 Å². The first kappa shape index (κ1) is 20.2. The lowest BCUT2D eigenvalue weighted by molar-refractivity contribution is -0.137. The highest BCUT2D eigenvalue weighted by Crippen LogP contribution is 2.26. The molecule has 2 aliphatic heterocycles. The van der Waals surface area contributed by atoms with Crippen molar-refractivity contribution in [3.05, 3.63) is 29.8 Å². The molecular weight excluding hydrogens is 374 g/mol. The van der Waals surface area contributed by atoms with E-state index in [0.717, 1.165) is 50.9 Å². The fourth-order valence-corrected chi connectivity index (χ4v) is 5.34. The lowest BCUT2D eigenvalue weighted by atomic mass is 9.95. The third-order valence-corrected chi connectivity index (χ3v) is 7.39. The second kappa shape index (κ2) is 8.65. The van der Waals surface area contributed by atoms with Crippen molar-refractivity contribution >= 4 is 15.9 Å². The molecular formula is C19H26F2N2O3S. The topological polar surface area (TPSA) is 57.7 Å². The molecule has 0 N–H and O–H groups in total. The molecule has 1 aromatic rings. The number of halogens is 2. The summed E-state index contributed by atoms with van der Waals surface area (Å²) in [5, 5.41) is 0. The van der Waals surface area contributed by atoms with Crippen molar-refractivity contribution in [1.29, 1.82) is 0 Å². The van der Waals surface area contributed by atoms with Crippen LogP contribution in [0.25, 0.3) is 0 Å². The van der Waals surface area contributed by atoms with Gasteiger partial charge in [0.2, 0.25) is 15.9 Å². The summed E-state index contributed by atoms with van der Waals surface area (Å²) in [6.07, 6.45) is 6.48. The highest BCUT2D eigenvalue weighted by Gasteiger charge is 2.34. The average molecular weight is 400 g/mol. The maximum atomic E-state index is 13.4. The summed E-state index contributed by atoms with van der Waals surface area (Å²) in [5.41, 5.74) is 0. The van der Waals surface area contributed by atoms with Gasteiger partial charge in [0.25, 0.3) is 0 Å². The molecule has 0 saturated carbocycles. The quantitative estimate of drug-likeness (QED) is 0.783. The minimum Gasteiger partial charge on any atom is -0.342 e. The molecule has 2 saturated heterocycles. The van der Waals surface area contributed by atoms with Crippen LogP contribution in [0.5, 0.6) is 0 Å². The van der Waals surface area contributed by atoms with E-state index in [0.29, 0.717) is 18.9 Å². The monoisotopic (exact) mass is 400 g/mol. The first-order valence-electron chi connectivity index (χ1n) is 9.63. The van der Waals surface area contributed by atoms with Crippen LogP contribution in [0.3, 0.4) is 0 Å². The Labute approximate surface area is 159 Å². The predicted molar refractivity (Wildman–Crippen MR) is 97.5 cm³/mol. The molecule has 5 nitrogen and oxygen atoms in total. The molecule has 0 radical (unpaired) electrons. The van der Waals surface area contributed by atoms with E-state index >= 15 is 0 Å². The zero-order valence-corrected chi connectivity index (χ0v) is 16.2. The second-order valence-electron chi connectivity index (χ2n) is 7.35. The fourth-order valence-electron chi connectivity index (χ4n) is 3.86. The zero-order valence-electron chi connectivity index (χ0n) is 15.4. The first-order chi connectivity index (χ1) is 12.9. The van der Waals surface area contributed by atoms with E-state index in [-0.39, 0.29) is 29.8 Å². The number of amides is 1. The van der Waals surface area contributed by atoms with Crippen molar-refractivity contribution in [3.63, 3.8) is 0 Å². The SMILES string of the molecule is O=C(C1CCN(S(=O)(=O)c2ccc(F)c(F)c2)CC1)N1CCCCCCC1. The number of sulfonamides is 1. The van der Waals surface area contributed by atoms with Crippen LogP contribution in [-0.2, 0) is 14.8 Å². The van der Waals surface area contributed by atoms with Crippen molar-refractivity contribution < 1.29 is 22.0 Å². The van der Waals surface area contributed by atoms with Gasteiger partial charge >= 0.3 is 0 Å². The molecule has 150 valence electrons. The Morgan fingerprint density at radius 1 is 0.889 bits per heavy atom. The number of hydrogen-bond donors (Lipinski definition) is 0. The standard InChI is InChI=1S/C19H26F2N2O3S/c20-17-7-6-16(14-18(17)21)27(25,26)23-12-8-15(9-13-23)19(24)22-10-4-2-1-3-5-11-22/h6-7,14-15H,1-5,8-13H2. The second-order valence-corrected chi connectivity index (χ2v) is 9.29. The summed E-state index contributed by atoms with van der Waals surface area (Å²) >= 11 is 0. The number of hydrogen-bond acceptors (Lipinski definition) is 3. The number of benzene rings is 1. The van der Waals surface area contributed by atoms with Crippen LogP contribution >= 0.6 is 0 Å². The average Bonchev–Trinajstić information content (AvgIpc) is 2.63. The molecule has 0 bridgehead atoms. The summed E-state index contributed by atoms with van der Waals surface area (Å²) in [6, 6.07) is 2.60. The summed E-state index contributed by atoms with van der Waals surface area (Å²) in [4.78, 5) is 14.5. The minimum atomic E-state index is -3.88. The smallest absolute Gasteiger partial charge is 0.243 e. The van der Waals surface area contributed by atoms with Gasteiger partial charge in [0.15, 0.2) is 11.6 Å². The van der Waals surface area contributed by atoms with Crippen LogP contribution in [0.2, 0.25) is 0 Å². The van der Waals surface area contributed by atoms with E-state index in [9.17, 15) is 22.0 Å². The molecule has 0 atom stereocenters. The summed E-state index contributed by atoms with van der Waals surface area (Å²) in [6.45, 7) is 2.00. The molecule has 2 fully saturated rings. The molecule has 0 unspecified atom stereocenters. The zero-order chi connectivity index (χ0) is 19.4. The molecule has 2 heterocycles. The van der Waals surface area contributed by atoms with Crippen molar-refractivity contribution in [3.8, 4) is 0 Å². The summed E-state index contributed by atoms with van der Waals surface area (Å²) in [5.74, 6) is -2.30. The fraction of sp³-hybridized carbons (Fsp3) is 0.632. The number of rotatable bonds is 3. The molecule has 2 aliphatic rings. The number of carbonyl (C=O) groups excluding carboxylic acids is 1. The van der Waals surface area contributed by atoms with Gasteiger partial charge in [0.05, 0.1) is 4.90 Å². The maximum absolute atomic E-state index is 13.4. The molecule has 0 spiro atoms. The van der Waals surface area contributed by atoms with Gasteiger partial charge in [-0.15, -0.1) is 0 Å². The van der Waals surface area contributed by atoms with Crippen molar-refractivity contribution in [2.24, 2.45) is 5.92 Å². The Morgan fingerprint density at radius 3 is 2.07 bits per heavy atom. The molecule has 8 heteroatoms. The van der Waals surface area contributed by atoms with E-state index in [4.69, 9.17) is 0 Å². The van der Waals surface area contributed by atoms with Crippen molar-refractivity contribution in [2.75, 3.05) is 26.2 Å². The predicted octanol–water partition coefficient (Wildman–Crippen LogP) is 3.16. The summed E-state index contributed by atoms with van der Waals surface area (Å²) < 4.78 is 53.0. The van der Waals surface area contributed by atoms with Gasteiger partial charge in [-0.1, -0.05) is 19.3 Å². The van der Waals surface area contributed by atoms with Crippen LogP contribution in [0.4, 0.5) is 8.78 Å². The van der Waals surface area contributed by atoms with Gasteiger partial charge in [0, 0.05) is 32.1 Å². The van der Waals surface area contributed by atoms with Crippen LogP contribution < -0.4 is 0 Å². The first-order valence-corrected chi connectivity index (χ1v) is 11.1. The Bertz CT molecular complexity index is 769. The van der Waals surface area contributed by atoms with E-state index in [2.05, 4.69) is 0 Å². The Kier molecular flexibility index (Phi) is 6.47. The Hall–Kier alpha value is -1.54. The van der Waals surface area contributed by atoms with Gasteiger partial charge in [-0.3, -0.25) is 4.79 Å². The van der Waals surface area contributed by atoms with Crippen molar-refractivity contribution in [2.45, 2.75) is 49.8 Å². The van der Waals surface area contributed by atoms with E-state index < -0.39 is 21.7 Å². The van der Waals surface area contributed by atoms with Gasteiger partial charge < -0.3 is 4.90 Å². The van der Waals surface area contributed by atoms with E-state index in [1.54, 1.807) is 0 Å². The highest BCUT2D eigenvalue weighted by molar-refractivity contribution is 7.89. The van der Waals surface area contributed by atoms with E-state index in [1.165, 1.54) is 10.7 Å². The molecule has 0 aliphatic carbocycles. The highest BCUT2D eigenvalue weighted by atomic mass is 32.2. The number of likely N-dealkylation sites (tertiary alicyclic amines) is 1. The van der Waals surface area contributed by atoms with Gasteiger partial charge in [-0.25, -0.2) is 17.2 Å². The molecule has 1 aromatic carbocycles. The van der Waals surface area contributed by atoms with Crippen LogP contribution in [0, 0.1) is 17.6 Å². The van der Waals surface area contributed by atoms with Gasteiger partial charge in [-0.2, -0.15) is 4.31 Å². The lowest BCUT2D eigenvalue weighted by Gasteiger charge is -2.34. The number of nitrogens with zero attached hydrogens (tertiary/aromatic N) is 2. The minimum absolute atomic E-state index is 0.127. The largest absolute Gasteiger partial charge is 0.342 e. The maximum Gasteiger partial charge on any atom is 0.243 e. The lowest BCUT2D eigenvalue weighted by Crippen LogP contribution is -2.45. The van der Waals surface area contributed by atoms with Crippen molar-refractivity contribution in [1.82, 2.24) is 9.21 Å². The third-order valence-electron chi connectivity index (χ3n) is 5.50. The number of carbonyl (C=O) groups is 1. The molecule has 1 amide bonds. The Morgan fingerprint density at radius 2 is 1.48 bits per heavy atom. The summed E-state index contributed by atoms with van der Waals surface area (Å²) in [7, 11) is -3.88. The molecule has 3 rings (SSSR count). The van der Waals surface area contributed by atoms with Gasteiger partial charge in [-0.05, 0) is 43.9 Å². The normalized spacial score (nSPS) is 20.9. The van der Waals surface area contributed by atoms with Gasteiger partial charge in [0.1, 0.15) is 0 Å². The van der Waals surface area contributed by atoms with Crippen LogP contribution in [0.1, 0.15) is 44.9 Å². The Balaban J connectivity index is 1.62. The van der Waals surface area contributed by atoms with Crippen LogP contribution in [0.15, 0.2) is 23.1 Å². The third kappa shape index (κ3) is 4.66. The number of piperidine rings is 1. The molecule has 27 heavy (non-hydrogen) atoms.